The third kappa shape index (κ3) is 1.70. The van der Waals surface area contributed by atoms with E-state index in [1.54, 1.807) is 0 Å². The van der Waals surface area contributed by atoms with Crippen molar-refractivity contribution in [3.63, 3.8) is 0 Å². The van der Waals surface area contributed by atoms with Gasteiger partial charge in [-0.1, -0.05) is 11.2 Å². The Labute approximate surface area is 86.9 Å². The summed E-state index contributed by atoms with van der Waals surface area (Å²) >= 11 is 0. The van der Waals surface area contributed by atoms with Gasteiger partial charge in [-0.2, -0.15) is 0 Å². The van der Waals surface area contributed by atoms with Crippen LogP contribution >= 0.6 is 0 Å². The van der Waals surface area contributed by atoms with Crippen molar-refractivity contribution in [1.82, 2.24) is 10.1 Å². The van der Waals surface area contributed by atoms with Gasteiger partial charge in [0.1, 0.15) is 0 Å². The third-order valence-electron chi connectivity index (χ3n) is 2.54. The summed E-state index contributed by atoms with van der Waals surface area (Å²) in [6, 6.07) is 4.07. The zero-order valence-corrected chi connectivity index (χ0v) is 8.92. The van der Waals surface area contributed by atoms with Crippen LogP contribution in [0.4, 0.5) is 0 Å². The lowest BCUT2D eigenvalue weighted by Crippen LogP contribution is -1.96. The van der Waals surface area contributed by atoms with Crippen molar-refractivity contribution in [2.24, 2.45) is 0 Å². The summed E-state index contributed by atoms with van der Waals surface area (Å²) in [5.74, 6) is -0.0387. The summed E-state index contributed by atoms with van der Waals surface area (Å²) in [6.07, 6.45) is 0. The average molecular weight is 204 g/mol. The van der Waals surface area contributed by atoms with Gasteiger partial charge in [-0.3, -0.25) is 9.51 Å². The van der Waals surface area contributed by atoms with E-state index in [9.17, 15) is 4.79 Å². The molecule has 1 aromatic heterocycles. The van der Waals surface area contributed by atoms with Gasteiger partial charge >= 0.3 is 5.76 Å². The first-order chi connectivity index (χ1) is 7.08. The fourth-order valence-electron chi connectivity index (χ4n) is 1.56. The second-order valence-corrected chi connectivity index (χ2v) is 3.70. The van der Waals surface area contributed by atoms with Gasteiger partial charge in [0, 0.05) is 5.56 Å². The normalized spacial score (nSPS) is 10.6. The number of nitrogens with one attached hydrogen (secondary N) is 1. The Morgan fingerprint density at radius 2 is 1.80 bits per heavy atom. The van der Waals surface area contributed by atoms with Gasteiger partial charge in [0.2, 0.25) is 0 Å². The highest BCUT2D eigenvalue weighted by atomic mass is 16.5. The van der Waals surface area contributed by atoms with Crippen molar-refractivity contribution < 1.29 is 4.52 Å². The third-order valence-corrected chi connectivity index (χ3v) is 2.54. The number of hydrogen-bond acceptors (Lipinski definition) is 3. The van der Waals surface area contributed by atoms with Gasteiger partial charge in [0.15, 0.2) is 5.82 Å². The molecule has 0 amide bonds. The van der Waals surface area contributed by atoms with E-state index in [0.717, 1.165) is 11.1 Å². The van der Waals surface area contributed by atoms with Crippen molar-refractivity contribution in [2.45, 2.75) is 20.8 Å². The van der Waals surface area contributed by atoms with Gasteiger partial charge in [0.25, 0.3) is 0 Å². The van der Waals surface area contributed by atoms with Crippen LogP contribution in [0.5, 0.6) is 0 Å². The maximum Gasteiger partial charge on any atom is 0.439 e. The molecule has 1 N–H and O–H groups in total. The van der Waals surface area contributed by atoms with Gasteiger partial charge in [0.05, 0.1) is 0 Å². The van der Waals surface area contributed by atoms with Gasteiger partial charge < -0.3 is 0 Å². The lowest BCUT2D eigenvalue weighted by molar-refractivity contribution is 0.388. The second-order valence-electron chi connectivity index (χ2n) is 3.70. The molecule has 1 aromatic carbocycles. The molecule has 4 nitrogen and oxygen atoms in total. The van der Waals surface area contributed by atoms with E-state index in [-0.39, 0.29) is 0 Å². The lowest BCUT2D eigenvalue weighted by Gasteiger charge is -2.06. The van der Waals surface area contributed by atoms with Crippen molar-refractivity contribution >= 4 is 0 Å². The highest BCUT2D eigenvalue weighted by Crippen LogP contribution is 2.22. The maximum atomic E-state index is 10.8. The summed E-state index contributed by atoms with van der Waals surface area (Å²) in [5.41, 5.74) is 4.37. The maximum absolute atomic E-state index is 10.8. The first-order valence-electron chi connectivity index (χ1n) is 4.72. The molecule has 0 saturated heterocycles. The number of aryl methyl sites for hydroxylation is 3. The minimum atomic E-state index is -0.525. The molecule has 2 rings (SSSR count). The number of hydrogen-bond donors (Lipinski definition) is 1. The summed E-state index contributed by atoms with van der Waals surface area (Å²) < 4.78 is 4.48. The minimum absolute atomic E-state index is 0.487. The molecule has 4 heteroatoms. The summed E-state index contributed by atoms with van der Waals surface area (Å²) in [4.78, 5) is 13.4. The van der Waals surface area contributed by atoms with Crippen LogP contribution in [0.25, 0.3) is 11.4 Å². The van der Waals surface area contributed by atoms with E-state index in [1.165, 1.54) is 11.1 Å². The molecule has 2 aromatic rings. The molecule has 1 heterocycles. The van der Waals surface area contributed by atoms with Crippen molar-refractivity contribution in [3.05, 3.63) is 39.4 Å². The molecule has 0 aliphatic heterocycles. The predicted molar refractivity (Wildman–Crippen MR) is 56.8 cm³/mol. The molecule has 0 bridgehead atoms. The zero-order chi connectivity index (χ0) is 11.0. The molecule has 0 saturated carbocycles. The number of nitrogens with zero attached hydrogens (tertiary/aromatic N) is 1. The number of rotatable bonds is 1. The van der Waals surface area contributed by atoms with E-state index >= 15 is 0 Å². The topological polar surface area (TPSA) is 58.9 Å². The minimum Gasteiger partial charge on any atom is -0.296 e. The Balaban J connectivity index is 2.63. The van der Waals surface area contributed by atoms with Crippen LogP contribution in [0.3, 0.4) is 0 Å². The molecule has 0 atom stereocenters. The van der Waals surface area contributed by atoms with Gasteiger partial charge in [-0.05, 0) is 43.5 Å². The second kappa shape index (κ2) is 3.38. The number of benzene rings is 1. The number of H-pyrrole nitrogens is 1. The predicted octanol–water partition coefficient (Wildman–Crippen LogP) is 1.96. The Morgan fingerprint density at radius 1 is 1.13 bits per heavy atom. The van der Waals surface area contributed by atoms with Crippen LogP contribution in [-0.4, -0.2) is 10.1 Å². The summed E-state index contributed by atoms with van der Waals surface area (Å²) in [6.45, 7) is 6.06. The zero-order valence-electron chi connectivity index (χ0n) is 8.92. The fraction of sp³-hybridized carbons (Fsp3) is 0.273. The van der Waals surface area contributed by atoms with Gasteiger partial charge in [-0.15, -0.1) is 0 Å². The molecular formula is C11H12N2O2. The molecule has 15 heavy (non-hydrogen) atoms. The van der Waals surface area contributed by atoms with E-state index in [2.05, 4.69) is 27.7 Å². The van der Waals surface area contributed by atoms with Crippen LogP contribution in [0.2, 0.25) is 0 Å². The quantitative estimate of drug-likeness (QED) is 0.772. The largest absolute Gasteiger partial charge is 0.439 e. The molecule has 78 valence electrons. The Hall–Kier alpha value is -1.84. The summed E-state index contributed by atoms with van der Waals surface area (Å²) in [5, 5.41) is 3.67. The molecule has 0 radical (unpaired) electrons. The molecule has 0 fully saturated rings. The lowest BCUT2D eigenvalue weighted by atomic mass is 10.0. The fourth-order valence-corrected chi connectivity index (χ4v) is 1.56. The van der Waals surface area contributed by atoms with E-state index in [1.807, 2.05) is 19.9 Å². The molecular weight excluding hydrogens is 192 g/mol. The SMILES string of the molecule is Cc1cc(C)c(-c2noc(=O)[nH]2)cc1C. The van der Waals surface area contributed by atoms with Crippen LogP contribution in [0.15, 0.2) is 21.5 Å². The smallest absolute Gasteiger partial charge is 0.296 e. The molecule has 0 aliphatic carbocycles. The molecule has 0 aliphatic rings. The van der Waals surface area contributed by atoms with Crippen molar-refractivity contribution in [3.8, 4) is 11.4 Å². The number of aromatic amines is 1. The van der Waals surface area contributed by atoms with Crippen LogP contribution in [0.1, 0.15) is 16.7 Å². The summed E-state index contributed by atoms with van der Waals surface area (Å²) in [7, 11) is 0. The van der Waals surface area contributed by atoms with Gasteiger partial charge in [-0.25, -0.2) is 4.79 Å². The van der Waals surface area contributed by atoms with Crippen LogP contribution in [0, 0.1) is 20.8 Å². The van der Waals surface area contributed by atoms with Crippen LogP contribution < -0.4 is 5.76 Å². The van der Waals surface area contributed by atoms with Crippen LogP contribution in [-0.2, 0) is 0 Å². The standard InChI is InChI=1S/C11H12N2O2/c1-6-4-8(3)9(5-7(6)2)10-12-11(14)15-13-10/h4-5H,1-3H3,(H,12,13,14). The average Bonchev–Trinajstić information content (AvgIpc) is 2.58. The molecule has 0 unspecified atom stereocenters. The Kier molecular flexibility index (Phi) is 2.19. The van der Waals surface area contributed by atoms with Crippen molar-refractivity contribution in [1.29, 1.82) is 0 Å². The first-order valence-corrected chi connectivity index (χ1v) is 4.72. The van der Waals surface area contributed by atoms with E-state index in [4.69, 9.17) is 0 Å². The monoisotopic (exact) mass is 204 g/mol. The highest BCUT2D eigenvalue weighted by Gasteiger charge is 2.08. The Morgan fingerprint density at radius 3 is 2.40 bits per heavy atom. The van der Waals surface area contributed by atoms with E-state index in [0.29, 0.717) is 5.82 Å². The Bertz CT molecular complexity index is 552. The molecule has 0 spiro atoms. The van der Waals surface area contributed by atoms with Crippen molar-refractivity contribution in [2.75, 3.05) is 0 Å². The highest BCUT2D eigenvalue weighted by molar-refractivity contribution is 5.61. The first kappa shape index (κ1) is 9.71. The van der Waals surface area contributed by atoms with E-state index < -0.39 is 5.76 Å². The number of aromatic nitrogens is 2.